The number of likely N-dealkylation sites (N-methyl/N-ethyl adjacent to an activating group) is 1. The quantitative estimate of drug-likeness (QED) is 0.758. The molecule has 0 unspecified atom stereocenters. The van der Waals surface area contributed by atoms with Crippen LogP contribution in [0.2, 0.25) is 0 Å². The lowest BCUT2D eigenvalue weighted by Crippen LogP contribution is -2.49. The fraction of sp³-hybridized carbons (Fsp3) is 0.643. The van der Waals surface area contributed by atoms with E-state index in [4.69, 9.17) is 0 Å². The van der Waals surface area contributed by atoms with E-state index in [1.807, 2.05) is 17.5 Å². The molecule has 1 N–H and O–H groups in total. The zero-order valence-corrected chi connectivity index (χ0v) is 15.7. The molecule has 1 aromatic heterocycles. The lowest BCUT2D eigenvalue weighted by atomic mass is 10.3. The Kier molecular flexibility index (Phi) is 8.49. The van der Waals surface area contributed by atoms with Crippen molar-refractivity contribution in [1.82, 2.24) is 14.5 Å². The molecule has 1 amide bonds. The van der Waals surface area contributed by atoms with E-state index >= 15 is 0 Å². The van der Waals surface area contributed by atoms with E-state index in [-0.39, 0.29) is 30.6 Å². The zero-order valence-electron chi connectivity index (χ0n) is 13.2. The molecule has 1 aliphatic heterocycles. The third-order valence-corrected chi connectivity index (χ3v) is 6.52. The van der Waals surface area contributed by atoms with Gasteiger partial charge < -0.3 is 10.2 Å². The van der Waals surface area contributed by atoms with Gasteiger partial charge in [0.25, 0.3) is 0 Å². The van der Waals surface area contributed by atoms with Crippen LogP contribution in [0.3, 0.4) is 0 Å². The van der Waals surface area contributed by atoms with Crippen molar-refractivity contribution >= 4 is 39.7 Å². The van der Waals surface area contributed by atoms with Crippen LogP contribution in [0.25, 0.3) is 0 Å². The summed E-state index contributed by atoms with van der Waals surface area (Å²) in [6.07, 6.45) is 0.312. The summed E-state index contributed by atoms with van der Waals surface area (Å²) in [6, 6.07) is 3.79. The van der Waals surface area contributed by atoms with Crippen LogP contribution in [0.1, 0.15) is 11.8 Å². The van der Waals surface area contributed by atoms with Crippen molar-refractivity contribution in [3.63, 3.8) is 0 Å². The van der Waals surface area contributed by atoms with Gasteiger partial charge in [0, 0.05) is 37.6 Å². The van der Waals surface area contributed by atoms with Crippen molar-refractivity contribution in [3.05, 3.63) is 22.4 Å². The van der Waals surface area contributed by atoms with Gasteiger partial charge in [-0.25, -0.2) is 8.42 Å². The Labute approximate surface area is 148 Å². The fourth-order valence-corrected chi connectivity index (χ4v) is 4.45. The first kappa shape index (κ1) is 20.4. The van der Waals surface area contributed by atoms with E-state index in [1.54, 1.807) is 0 Å². The lowest BCUT2D eigenvalue weighted by Gasteiger charge is -2.33. The summed E-state index contributed by atoms with van der Waals surface area (Å²) >= 11 is 1.52. The highest BCUT2D eigenvalue weighted by atomic mass is 35.5. The molecule has 0 atom stereocenters. The van der Waals surface area contributed by atoms with Gasteiger partial charge in [0.15, 0.2) is 0 Å². The van der Waals surface area contributed by atoms with Crippen molar-refractivity contribution in [1.29, 1.82) is 0 Å². The number of rotatable bonds is 7. The first-order valence-electron chi connectivity index (χ1n) is 7.50. The molecule has 23 heavy (non-hydrogen) atoms. The first-order chi connectivity index (χ1) is 10.5. The minimum atomic E-state index is -3.28. The molecule has 9 heteroatoms. The third-order valence-electron chi connectivity index (χ3n) is 3.77. The number of carbonyl (C=O) groups excluding carboxylic acids is 1. The Morgan fingerprint density at radius 2 is 2.00 bits per heavy atom. The Morgan fingerprint density at radius 3 is 2.57 bits per heavy atom. The van der Waals surface area contributed by atoms with Gasteiger partial charge in [0.2, 0.25) is 15.9 Å². The Bertz CT molecular complexity index is 570. The monoisotopic (exact) mass is 381 g/mol. The molecule has 0 bridgehead atoms. The van der Waals surface area contributed by atoms with Gasteiger partial charge in [-0.05, 0) is 18.0 Å². The normalized spacial score (nSPS) is 16.7. The second kappa shape index (κ2) is 9.58. The maximum atomic E-state index is 12.2. The van der Waals surface area contributed by atoms with Crippen LogP contribution < -0.4 is 5.32 Å². The van der Waals surface area contributed by atoms with Gasteiger partial charge in [-0.1, -0.05) is 13.0 Å². The molecule has 0 radical (unpaired) electrons. The molecule has 1 aliphatic rings. The maximum absolute atomic E-state index is 12.2. The highest BCUT2D eigenvalue weighted by Crippen LogP contribution is 2.09. The van der Waals surface area contributed by atoms with Gasteiger partial charge in [-0.3, -0.25) is 4.79 Å². The molecular weight excluding hydrogens is 358 g/mol. The summed E-state index contributed by atoms with van der Waals surface area (Å²) in [7, 11) is -3.28. The van der Waals surface area contributed by atoms with E-state index in [2.05, 4.69) is 17.1 Å². The second-order valence-electron chi connectivity index (χ2n) is 5.26. The lowest BCUT2D eigenvalue weighted by molar-refractivity contribution is -0.120. The van der Waals surface area contributed by atoms with Crippen LogP contribution in [0.15, 0.2) is 17.5 Å². The maximum Gasteiger partial charge on any atom is 0.225 e. The minimum absolute atomic E-state index is 0. The fourth-order valence-electron chi connectivity index (χ4n) is 2.41. The Balaban J connectivity index is 0.00000264. The molecule has 2 rings (SSSR count). The number of hydrogen-bond donors (Lipinski definition) is 1. The van der Waals surface area contributed by atoms with Crippen molar-refractivity contribution < 1.29 is 13.2 Å². The third kappa shape index (κ3) is 6.39. The molecule has 1 fully saturated rings. The highest BCUT2D eigenvalue weighted by molar-refractivity contribution is 7.89. The number of nitrogens with zero attached hydrogens (tertiary/aromatic N) is 2. The topological polar surface area (TPSA) is 69.7 Å². The summed E-state index contributed by atoms with van der Waals surface area (Å²) in [5.74, 6) is -0.163. The van der Waals surface area contributed by atoms with E-state index in [0.29, 0.717) is 19.5 Å². The van der Waals surface area contributed by atoms with Gasteiger partial charge in [-0.2, -0.15) is 4.31 Å². The molecule has 1 aromatic rings. The standard InChI is InChI=1S/C14H23N3O3S2.ClH/c1-2-16-6-8-17(9-7-16)22(19,20)11-5-15-14(18)12-13-4-3-10-21-13;/h3-4,10H,2,5-9,11-12H2,1H3,(H,15,18);1H. The molecular formula is C14H24ClN3O3S2. The van der Waals surface area contributed by atoms with Gasteiger partial charge in [0.05, 0.1) is 12.2 Å². The molecule has 1 saturated heterocycles. The summed E-state index contributed by atoms with van der Waals surface area (Å²) in [4.78, 5) is 14.9. The van der Waals surface area contributed by atoms with E-state index in [1.165, 1.54) is 15.6 Å². The van der Waals surface area contributed by atoms with Crippen LogP contribution in [-0.4, -0.2) is 68.6 Å². The second-order valence-corrected chi connectivity index (χ2v) is 8.38. The number of thiophene rings is 1. The van der Waals surface area contributed by atoms with Crippen LogP contribution in [-0.2, 0) is 21.2 Å². The van der Waals surface area contributed by atoms with Crippen molar-refractivity contribution in [2.45, 2.75) is 13.3 Å². The Morgan fingerprint density at radius 1 is 1.30 bits per heavy atom. The molecule has 2 heterocycles. The summed E-state index contributed by atoms with van der Waals surface area (Å²) < 4.78 is 26.0. The number of nitrogens with one attached hydrogen (secondary N) is 1. The molecule has 6 nitrogen and oxygen atoms in total. The number of halogens is 1. The van der Waals surface area contributed by atoms with Gasteiger partial charge in [0.1, 0.15) is 0 Å². The van der Waals surface area contributed by atoms with E-state index in [0.717, 1.165) is 24.5 Å². The first-order valence-corrected chi connectivity index (χ1v) is 9.99. The van der Waals surface area contributed by atoms with Crippen molar-refractivity contribution in [2.24, 2.45) is 0 Å². The van der Waals surface area contributed by atoms with E-state index < -0.39 is 10.0 Å². The Hall–Kier alpha value is -0.670. The number of amides is 1. The molecule has 0 aliphatic carbocycles. The summed E-state index contributed by atoms with van der Waals surface area (Å²) in [5, 5.41) is 4.61. The van der Waals surface area contributed by atoms with E-state index in [9.17, 15) is 13.2 Å². The SMILES string of the molecule is CCN1CCN(S(=O)(=O)CCNC(=O)Cc2cccs2)CC1.Cl. The van der Waals surface area contributed by atoms with Crippen LogP contribution in [0.5, 0.6) is 0 Å². The molecule has 0 aromatic carbocycles. The number of hydrogen-bond acceptors (Lipinski definition) is 5. The molecule has 0 saturated carbocycles. The minimum Gasteiger partial charge on any atom is -0.355 e. The largest absolute Gasteiger partial charge is 0.355 e. The van der Waals surface area contributed by atoms with Gasteiger partial charge in [-0.15, -0.1) is 23.7 Å². The highest BCUT2D eigenvalue weighted by Gasteiger charge is 2.25. The average molecular weight is 382 g/mol. The number of carbonyl (C=O) groups is 1. The van der Waals surface area contributed by atoms with Crippen LogP contribution >= 0.6 is 23.7 Å². The number of piperazine rings is 1. The van der Waals surface area contributed by atoms with Crippen molar-refractivity contribution in [2.75, 3.05) is 45.0 Å². The number of sulfonamides is 1. The molecule has 132 valence electrons. The van der Waals surface area contributed by atoms with Gasteiger partial charge >= 0.3 is 0 Å². The molecule has 0 spiro atoms. The summed E-state index contributed by atoms with van der Waals surface area (Å²) in [5.41, 5.74) is 0. The zero-order chi connectivity index (χ0) is 16.0. The smallest absolute Gasteiger partial charge is 0.225 e. The van der Waals surface area contributed by atoms with Crippen molar-refractivity contribution in [3.8, 4) is 0 Å². The van der Waals surface area contributed by atoms with Crippen LogP contribution in [0.4, 0.5) is 0 Å². The predicted molar refractivity (Wildman–Crippen MR) is 95.8 cm³/mol. The average Bonchev–Trinajstić information content (AvgIpc) is 3.00. The summed E-state index contributed by atoms with van der Waals surface area (Å²) in [6.45, 7) is 5.83. The van der Waals surface area contributed by atoms with Crippen LogP contribution in [0, 0.1) is 0 Å². The predicted octanol–water partition coefficient (Wildman–Crippen LogP) is 0.796.